The van der Waals surface area contributed by atoms with Crippen LogP contribution in [0.5, 0.6) is 5.75 Å². The molecular formula is C17H27FO. The summed E-state index contributed by atoms with van der Waals surface area (Å²) >= 11 is 0. The van der Waals surface area contributed by atoms with Crippen LogP contribution in [0.1, 0.15) is 63.9 Å². The van der Waals surface area contributed by atoms with Gasteiger partial charge in [0, 0.05) is 0 Å². The Hall–Kier alpha value is -1.05. The lowest BCUT2D eigenvalue weighted by molar-refractivity contribution is 0.289. The second kappa shape index (κ2) is 9.82. The molecule has 0 fully saturated rings. The van der Waals surface area contributed by atoms with Gasteiger partial charge in [-0.05, 0) is 25.0 Å². The van der Waals surface area contributed by atoms with Gasteiger partial charge in [-0.2, -0.15) is 0 Å². The second-order valence-electron chi connectivity index (χ2n) is 5.21. The number of hydrogen-bond donors (Lipinski definition) is 0. The van der Waals surface area contributed by atoms with Gasteiger partial charge in [0.2, 0.25) is 0 Å². The molecule has 0 unspecified atom stereocenters. The summed E-state index contributed by atoms with van der Waals surface area (Å²) in [6, 6.07) is 5.30. The second-order valence-corrected chi connectivity index (χ2v) is 5.21. The number of aryl methyl sites for hydroxylation is 1. The Bertz CT molecular complexity index is 349. The van der Waals surface area contributed by atoms with E-state index >= 15 is 0 Å². The number of unbranched alkanes of at least 4 members (excludes halogenated alkanes) is 7. The van der Waals surface area contributed by atoms with Crippen LogP contribution in [-0.4, -0.2) is 6.61 Å². The molecule has 19 heavy (non-hydrogen) atoms. The van der Waals surface area contributed by atoms with E-state index in [9.17, 15) is 4.39 Å². The molecule has 0 aliphatic heterocycles. The topological polar surface area (TPSA) is 9.23 Å². The van der Waals surface area contributed by atoms with E-state index in [-0.39, 0.29) is 5.82 Å². The molecule has 0 radical (unpaired) electrons. The molecule has 0 aliphatic rings. The largest absolute Gasteiger partial charge is 0.491 e. The fraction of sp³-hybridized carbons (Fsp3) is 0.647. The van der Waals surface area contributed by atoms with Crippen LogP contribution in [0.15, 0.2) is 18.2 Å². The number of benzene rings is 1. The fourth-order valence-corrected chi connectivity index (χ4v) is 2.15. The van der Waals surface area contributed by atoms with Crippen LogP contribution in [-0.2, 0) is 0 Å². The molecule has 0 saturated heterocycles. The van der Waals surface area contributed by atoms with Crippen molar-refractivity contribution in [2.75, 3.05) is 6.61 Å². The van der Waals surface area contributed by atoms with Crippen LogP contribution in [0.3, 0.4) is 0 Å². The highest BCUT2D eigenvalue weighted by molar-refractivity contribution is 5.29. The third-order valence-electron chi connectivity index (χ3n) is 3.41. The van der Waals surface area contributed by atoms with E-state index in [1.807, 2.05) is 6.07 Å². The molecule has 1 rings (SSSR count). The van der Waals surface area contributed by atoms with Crippen molar-refractivity contribution in [2.45, 2.75) is 65.2 Å². The minimum atomic E-state index is -0.220. The monoisotopic (exact) mass is 266 g/mol. The van der Waals surface area contributed by atoms with Crippen LogP contribution >= 0.6 is 0 Å². The zero-order valence-electron chi connectivity index (χ0n) is 12.4. The average Bonchev–Trinajstić information content (AvgIpc) is 2.41. The first kappa shape index (κ1) is 16.0. The fourth-order valence-electron chi connectivity index (χ4n) is 2.15. The van der Waals surface area contributed by atoms with Gasteiger partial charge in [0.25, 0.3) is 0 Å². The summed E-state index contributed by atoms with van der Waals surface area (Å²) in [5, 5.41) is 0. The highest BCUT2D eigenvalue weighted by atomic mass is 19.1. The highest BCUT2D eigenvalue weighted by Crippen LogP contribution is 2.20. The molecule has 0 N–H and O–H groups in total. The normalized spacial score (nSPS) is 10.7. The number of halogens is 1. The molecule has 0 atom stereocenters. The molecule has 1 aromatic carbocycles. The van der Waals surface area contributed by atoms with E-state index in [1.54, 1.807) is 19.1 Å². The predicted molar refractivity (Wildman–Crippen MR) is 79.2 cm³/mol. The average molecular weight is 266 g/mol. The van der Waals surface area contributed by atoms with E-state index in [1.165, 1.54) is 44.9 Å². The maximum absolute atomic E-state index is 13.6. The summed E-state index contributed by atoms with van der Waals surface area (Å²) in [5.74, 6) is 0.171. The van der Waals surface area contributed by atoms with Crippen LogP contribution < -0.4 is 4.74 Å². The SMILES string of the molecule is CCCCCCCCCCOc1cccc(C)c1F. The van der Waals surface area contributed by atoms with Crippen LogP contribution in [0.2, 0.25) is 0 Å². The Labute approximate surface area is 117 Å². The van der Waals surface area contributed by atoms with Gasteiger partial charge < -0.3 is 4.74 Å². The van der Waals surface area contributed by atoms with Gasteiger partial charge in [-0.1, -0.05) is 64.0 Å². The Morgan fingerprint density at radius 1 is 0.947 bits per heavy atom. The minimum Gasteiger partial charge on any atom is -0.491 e. The van der Waals surface area contributed by atoms with Crippen LogP contribution in [0.4, 0.5) is 4.39 Å². The quantitative estimate of drug-likeness (QED) is 0.497. The molecule has 108 valence electrons. The lowest BCUT2D eigenvalue weighted by Gasteiger charge is -2.08. The highest BCUT2D eigenvalue weighted by Gasteiger charge is 2.04. The van der Waals surface area contributed by atoms with Gasteiger partial charge in [0.1, 0.15) is 0 Å². The number of rotatable bonds is 10. The Kier molecular flexibility index (Phi) is 8.28. The van der Waals surface area contributed by atoms with Gasteiger partial charge >= 0.3 is 0 Å². The molecule has 0 spiro atoms. The van der Waals surface area contributed by atoms with Gasteiger partial charge in [0.05, 0.1) is 6.61 Å². The molecule has 0 aliphatic carbocycles. The summed E-state index contributed by atoms with van der Waals surface area (Å²) in [5.41, 5.74) is 0.647. The molecule has 1 aromatic rings. The van der Waals surface area contributed by atoms with E-state index < -0.39 is 0 Å². The maximum Gasteiger partial charge on any atom is 0.167 e. The van der Waals surface area contributed by atoms with Crippen molar-refractivity contribution in [1.82, 2.24) is 0 Å². The molecular weight excluding hydrogens is 239 g/mol. The van der Waals surface area contributed by atoms with Gasteiger partial charge in [-0.15, -0.1) is 0 Å². The molecule has 1 nitrogen and oxygen atoms in total. The minimum absolute atomic E-state index is 0.220. The summed E-state index contributed by atoms with van der Waals surface area (Å²) in [7, 11) is 0. The van der Waals surface area contributed by atoms with E-state index in [0.717, 1.165) is 6.42 Å². The van der Waals surface area contributed by atoms with Crippen molar-refractivity contribution in [2.24, 2.45) is 0 Å². The summed E-state index contributed by atoms with van der Waals surface area (Å²) in [6.07, 6.45) is 10.2. The van der Waals surface area contributed by atoms with Crippen LogP contribution in [0.25, 0.3) is 0 Å². The van der Waals surface area contributed by atoms with E-state index in [2.05, 4.69) is 6.92 Å². The van der Waals surface area contributed by atoms with Gasteiger partial charge in [-0.3, -0.25) is 0 Å². The van der Waals surface area contributed by atoms with Gasteiger partial charge in [-0.25, -0.2) is 4.39 Å². The first-order valence-corrected chi connectivity index (χ1v) is 7.63. The lowest BCUT2D eigenvalue weighted by atomic mass is 10.1. The third-order valence-corrected chi connectivity index (χ3v) is 3.41. The van der Waals surface area contributed by atoms with Crippen molar-refractivity contribution in [1.29, 1.82) is 0 Å². The van der Waals surface area contributed by atoms with Crippen LogP contribution in [0, 0.1) is 12.7 Å². The molecule has 0 saturated carbocycles. The van der Waals surface area contributed by atoms with Crippen molar-refractivity contribution in [3.63, 3.8) is 0 Å². The lowest BCUT2D eigenvalue weighted by Crippen LogP contribution is -2.00. The zero-order valence-corrected chi connectivity index (χ0v) is 12.4. The standard InChI is InChI=1S/C17H27FO/c1-3-4-5-6-7-8-9-10-14-19-16-13-11-12-15(2)17(16)18/h11-13H,3-10,14H2,1-2H3. The molecule has 0 amide bonds. The van der Waals surface area contributed by atoms with E-state index in [4.69, 9.17) is 4.74 Å². The first-order chi connectivity index (χ1) is 9.25. The predicted octanol–water partition coefficient (Wildman–Crippen LogP) is 5.65. The molecule has 2 heteroatoms. The maximum atomic E-state index is 13.6. The number of ether oxygens (including phenoxy) is 1. The number of hydrogen-bond acceptors (Lipinski definition) is 1. The van der Waals surface area contributed by atoms with Gasteiger partial charge in [0.15, 0.2) is 11.6 Å². The van der Waals surface area contributed by atoms with Crippen molar-refractivity contribution in [3.05, 3.63) is 29.6 Å². The van der Waals surface area contributed by atoms with Crippen molar-refractivity contribution in [3.8, 4) is 5.75 Å². The summed E-state index contributed by atoms with van der Waals surface area (Å²) < 4.78 is 19.1. The molecule has 0 heterocycles. The smallest absolute Gasteiger partial charge is 0.167 e. The summed E-state index contributed by atoms with van der Waals surface area (Å²) in [6.45, 7) is 4.62. The van der Waals surface area contributed by atoms with E-state index in [0.29, 0.717) is 17.9 Å². The Balaban J connectivity index is 2.03. The molecule has 0 bridgehead atoms. The summed E-state index contributed by atoms with van der Waals surface area (Å²) in [4.78, 5) is 0. The van der Waals surface area contributed by atoms with Crippen molar-refractivity contribution < 1.29 is 9.13 Å². The Morgan fingerprint density at radius 3 is 2.26 bits per heavy atom. The zero-order chi connectivity index (χ0) is 13.9. The first-order valence-electron chi connectivity index (χ1n) is 7.63. The Morgan fingerprint density at radius 2 is 1.58 bits per heavy atom. The third kappa shape index (κ3) is 6.60. The molecule has 0 aromatic heterocycles. The van der Waals surface area contributed by atoms with Crippen molar-refractivity contribution >= 4 is 0 Å².